The van der Waals surface area contributed by atoms with Gasteiger partial charge in [-0.25, -0.2) is 5.43 Å². The van der Waals surface area contributed by atoms with Gasteiger partial charge in [0, 0.05) is 0 Å². The van der Waals surface area contributed by atoms with Crippen molar-refractivity contribution < 1.29 is 19.0 Å². The summed E-state index contributed by atoms with van der Waals surface area (Å²) in [5.41, 5.74) is 3.19. The molecule has 0 unspecified atom stereocenters. The van der Waals surface area contributed by atoms with Gasteiger partial charge in [0.05, 0.1) is 24.4 Å². The van der Waals surface area contributed by atoms with Crippen LogP contribution in [0.1, 0.15) is 12.5 Å². The summed E-state index contributed by atoms with van der Waals surface area (Å²) in [7, 11) is 1.57. The lowest BCUT2D eigenvalue weighted by molar-refractivity contribution is -0.123. The van der Waals surface area contributed by atoms with Crippen LogP contribution in [-0.4, -0.2) is 32.4 Å². The van der Waals surface area contributed by atoms with Gasteiger partial charge in [-0.3, -0.25) is 4.79 Å². The van der Waals surface area contributed by atoms with Crippen molar-refractivity contribution in [1.29, 1.82) is 0 Å². The molecule has 7 heteroatoms. The molecule has 0 aliphatic rings. The molecule has 0 saturated carbocycles. The highest BCUT2D eigenvalue weighted by atomic mass is 79.9. The molecular formula is C18H19BrN2O4. The van der Waals surface area contributed by atoms with Crippen molar-refractivity contribution in [2.24, 2.45) is 5.10 Å². The van der Waals surface area contributed by atoms with E-state index in [4.69, 9.17) is 14.2 Å². The van der Waals surface area contributed by atoms with E-state index in [0.717, 1.165) is 10.0 Å². The zero-order valence-corrected chi connectivity index (χ0v) is 15.6. The van der Waals surface area contributed by atoms with Crippen LogP contribution in [0.5, 0.6) is 17.2 Å². The summed E-state index contributed by atoms with van der Waals surface area (Å²) in [5, 5.41) is 3.91. The summed E-state index contributed by atoms with van der Waals surface area (Å²) in [5.74, 6) is 1.50. The van der Waals surface area contributed by atoms with E-state index in [-0.39, 0.29) is 12.5 Å². The number of rotatable bonds is 8. The van der Waals surface area contributed by atoms with Crippen LogP contribution in [0, 0.1) is 0 Å². The first kappa shape index (κ1) is 18.8. The lowest BCUT2D eigenvalue weighted by Crippen LogP contribution is -2.24. The number of ether oxygens (including phenoxy) is 3. The molecular weight excluding hydrogens is 388 g/mol. The minimum atomic E-state index is -0.357. The monoisotopic (exact) mass is 406 g/mol. The molecule has 0 fully saturated rings. The predicted molar refractivity (Wildman–Crippen MR) is 99.5 cm³/mol. The topological polar surface area (TPSA) is 69.2 Å². The van der Waals surface area contributed by atoms with Gasteiger partial charge in [0.2, 0.25) is 0 Å². The first-order chi connectivity index (χ1) is 12.1. The van der Waals surface area contributed by atoms with Crippen molar-refractivity contribution >= 4 is 28.1 Å². The van der Waals surface area contributed by atoms with Gasteiger partial charge in [0.1, 0.15) is 5.75 Å². The largest absolute Gasteiger partial charge is 0.493 e. The first-order valence-corrected chi connectivity index (χ1v) is 8.43. The molecule has 0 atom stereocenters. The quantitative estimate of drug-likeness (QED) is 0.538. The van der Waals surface area contributed by atoms with Crippen LogP contribution in [-0.2, 0) is 4.79 Å². The number of carbonyl (C=O) groups is 1. The van der Waals surface area contributed by atoms with Gasteiger partial charge in [-0.15, -0.1) is 0 Å². The number of nitrogens with zero attached hydrogens (tertiary/aromatic N) is 1. The molecule has 0 aliphatic heterocycles. The van der Waals surface area contributed by atoms with Crippen LogP contribution in [0.25, 0.3) is 0 Å². The number of nitrogens with one attached hydrogen (secondary N) is 1. The zero-order valence-electron chi connectivity index (χ0n) is 14.0. The molecule has 132 valence electrons. The van der Waals surface area contributed by atoms with E-state index < -0.39 is 0 Å². The third-order valence-electron chi connectivity index (χ3n) is 3.09. The van der Waals surface area contributed by atoms with Crippen molar-refractivity contribution in [3.8, 4) is 17.2 Å². The highest BCUT2D eigenvalue weighted by Gasteiger charge is 2.05. The highest BCUT2D eigenvalue weighted by Crippen LogP contribution is 2.27. The molecule has 0 aromatic heterocycles. The fourth-order valence-corrected chi connectivity index (χ4v) is 2.35. The maximum atomic E-state index is 11.8. The van der Waals surface area contributed by atoms with E-state index in [1.165, 1.54) is 6.21 Å². The number of methoxy groups -OCH3 is 1. The molecule has 2 aromatic rings. The summed E-state index contributed by atoms with van der Waals surface area (Å²) < 4.78 is 16.9. The Hall–Kier alpha value is -2.54. The molecule has 6 nitrogen and oxygen atoms in total. The minimum Gasteiger partial charge on any atom is -0.493 e. The smallest absolute Gasteiger partial charge is 0.277 e. The summed E-state index contributed by atoms with van der Waals surface area (Å²) in [4.78, 5) is 11.8. The van der Waals surface area contributed by atoms with Crippen molar-refractivity contribution in [2.75, 3.05) is 20.3 Å². The number of hydrogen-bond acceptors (Lipinski definition) is 5. The van der Waals surface area contributed by atoms with Gasteiger partial charge in [0.25, 0.3) is 5.91 Å². The number of hydrogen-bond donors (Lipinski definition) is 1. The Morgan fingerprint density at radius 2 is 1.96 bits per heavy atom. The molecule has 2 rings (SSSR count). The van der Waals surface area contributed by atoms with Gasteiger partial charge in [0.15, 0.2) is 18.1 Å². The lowest BCUT2D eigenvalue weighted by atomic mass is 10.2. The van der Waals surface area contributed by atoms with Crippen LogP contribution in [0.2, 0.25) is 0 Å². The van der Waals surface area contributed by atoms with Crippen LogP contribution in [0.15, 0.2) is 52.0 Å². The van der Waals surface area contributed by atoms with Crippen LogP contribution < -0.4 is 19.6 Å². The molecule has 0 bridgehead atoms. The number of carbonyl (C=O) groups excluding carboxylic acids is 1. The van der Waals surface area contributed by atoms with Crippen molar-refractivity contribution in [1.82, 2.24) is 5.43 Å². The number of amides is 1. The third-order valence-corrected chi connectivity index (χ3v) is 3.74. The van der Waals surface area contributed by atoms with E-state index >= 15 is 0 Å². The van der Waals surface area contributed by atoms with E-state index in [2.05, 4.69) is 26.5 Å². The minimum absolute atomic E-state index is 0.132. The number of hydrazone groups is 1. The highest BCUT2D eigenvalue weighted by molar-refractivity contribution is 9.10. The fourth-order valence-electron chi connectivity index (χ4n) is 1.96. The summed E-state index contributed by atoms with van der Waals surface area (Å²) >= 11 is 3.35. The van der Waals surface area contributed by atoms with Crippen molar-refractivity contribution in [3.63, 3.8) is 0 Å². The molecule has 1 N–H and O–H groups in total. The van der Waals surface area contributed by atoms with Crippen LogP contribution in [0.4, 0.5) is 0 Å². The summed E-state index contributed by atoms with van der Waals surface area (Å²) in [6.45, 7) is 2.32. The van der Waals surface area contributed by atoms with Crippen LogP contribution in [0.3, 0.4) is 0 Å². The Balaban J connectivity index is 1.87. The Bertz CT molecular complexity index is 750. The van der Waals surface area contributed by atoms with Gasteiger partial charge >= 0.3 is 0 Å². The lowest BCUT2D eigenvalue weighted by Gasteiger charge is -2.09. The second-order valence-electron chi connectivity index (χ2n) is 4.86. The maximum Gasteiger partial charge on any atom is 0.277 e. The fraction of sp³-hybridized carbons (Fsp3) is 0.222. The average Bonchev–Trinajstić information content (AvgIpc) is 2.62. The maximum absolute atomic E-state index is 11.8. The summed E-state index contributed by atoms with van der Waals surface area (Å²) in [6, 6.07) is 12.7. The molecule has 1 amide bonds. The first-order valence-electron chi connectivity index (χ1n) is 7.64. The molecule has 0 spiro atoms. The van der Waals surface area contributed by atoms with Gasteiger partial charge in [-0.2, -0.15) is 5.10 Å². The van der Waals surface area contributed by atoms with Gasteiger partial charge < -0.3 is 14.2 Å². The van der Waals surface area contributed by atoms with Gasteiger partial charge in [-0.05, 0) is 58.7 Å². The van der Waals surface area contributed by atoms with E-state index in [0.29, 0.717) is 23.9 Å². The van der Waals surface area contributed by atoms with Crippen LogP contribution >= 0.6 is 15.9 Å². The molecule has 25 heavy (non-hydrogen) atoms. The Kier molecular flexibility index (Phi) is 7.28. The van der Waals surface area contributed by atoms with E-state index in [1.54, 1.807) is 25.3 Å². The van der Waals surface area contributed by atoms with E-state index in [1.807, 2.05) is 31.2 Å². The van der Waals surface area contributed by atoms with Crippen molar-refractivity contribution in [3.05, 3.63) is 52.5 Å². The SMILES string of the molecule is CCOc1ccc(/C=N/NC(=O)COc2ccccc2Br)cc1OC. The standard InChI is InChI=1S/C18H19BrN2O4/c1-3-24-16-9-8-13(10-17(16)23-2)11-20-21-18(22)12-25-15-7-5-4-6-14(15)19/h4-11H,3,12H2,1-2H3,(H,21,22)/b20-11+. The molecule has 0 heterocycles. The third kappa shape index (κ3) is 5.79. The Morgan fingerprint density at radius 3 is 2.68 bits per heavy atom. The average molecular weight is 407 g/mol. The van der Waals surface area contributed by atoms with Crippen molar-refractivity contribution in [2.45, 2.75) is 6.92 Å². The predicted octanol–water partition coefficient (Wildman–Crippen LogP) is 3.39. The van der Waals surface area contributed by atoms with E-state index in [9.17, 15) is 4.79 Å². The van der Waals surface area contributed by atoms with Gasteiger partial charge in [-0.1, -0.05) is 12.1 Å². The normalized spacial score (nSPS) is 10.5. The second-order valence-corrected chi connectivity index (χ2v) is 5.71. The summed E-state index contributed by atoms with van der Waals surface area (Å²) in [6.07, 6.45) is 1.52. The Morgan fingerprint density at radius 1 is 1.16 bits per heavy atom. The molecule has 0 saturated heterocycles. The number of halogens is 1. The number of benzene rings is 2. The zero-order chi connectivity index (χ0) is 18.1. The molecule has 2 aromatic carbocycles. The second kappa shape index (κ2) is 9.68. The Labute approximate surface area is 154 Å². The number of para-hydroxylation sites is 1. The molecule has 0 radical (unpaired) electrons. The molecule has 0 aliphatic carbocycles.